The Labute approximate surface area is 104 Å². The summed E-state index contributed by atoms with van der Waals surface area (Å²) in [6.07, 6.45) is 1.87. The normalized spacial score (nSPS) is 38.3. The molecule has 2 aliphatic heterocycles. The molecule has 5 unspecified atom stereocenters. The molecule has 5 atom stereocenters. The molecule has 2 fully saturated rings. The van der Waals surface area contributed by atoms with Gasteiger partial charge in [0, 0.05) is 5.54 Å². The van der Waals surface area contributed by atoms with Gasteiger partial charge in [0.25, 0.3) is 0 Å². The van der Waals surface area contributed by atoms with Crippen molar-refractivity contribution in [2.24, 2.45) is 17.6 Å². The average molecular weight is 242 g/mol. The van der Waals surface area contributed by atoms with E-state index in [9.17, 15) is 0 Å². The summed E-state index contributed by atoms with van der Waals surface area (Å²) < 4.78 is 10.9. The number of hydrogen-bond acceptors (Lipinski definition) is 4. The van der Waals surface area contributed by atoms with Crippen molar-refractivity contribution in [3.63, 3.8) is 0 Å². The molecule has 2 heterocycles. The van der Waals surface area contributed by atoms with Crippen molar-refractivity contribution in [3.05, 3.63) is 0 Å². The van der Waals surface area contributed by atoms with Gasteiger partial charge in [-0.3, -0.25) is 5.32 Å². The third-order valence-corrected chi connectivity index (χ3v) is 3.67. The zero-order valence-electron chi connectivity index (χ0n) is 11.6. The molecule has 0 bridgehead atoms. The van der Waals surface area contributed by atoms with Crippen LogP contribution in [0.5, 0.6) is 0 Å². The lowest BCUT2D eigenvalue weighted by atomic mass is 9.89. The molecule has 2 saturated heterocycles. The van der Waals surface area contributed by atoms with Gasteiger partial charge < -0.3 is 15.2 Å². The quantitative estimate of drug-likeness (QED) is 0.692. The number of hydrogen-bond donors (Lipinski definition) is 2. The zero-order valence-corrected chi connectivity index (χ0v) is 11.6. The summed E-state index contributed by atoms with van der Waals surface area (Å²) in [6, 6.07) is 0. The van der Waals surface area contributed by atoms with Crippen LogP contribution in [0.25, 0.3) is 0 Å². The Hall–Kier alpha value is -0.160. The van der Waals surface area contributed by atoms with Crippen LogP contribution >= 0.6 is 0 Å². The van der Waals surface area contributed by atoms with Crippen molar-refractivity contribution in [1.82, 2.24) is 5.32 Å². The van der Waals surface area contributed by atoms with Gasteiger partial charge in [0.1, 0.15) is 24.7 Å². The molecule has 0 aromatic rings. The molecule has 4 heteroatoms. The first-order valence-electron chi connectivity index (χ1n) is 6.64. The Balaban J connectivity index is 1.75. The van der Waals surface area contributed by atoms with Crippen LogP contribution in [0.1, 0.15) is 41.0 Å². The van der Waals surface area contributed by atoms with Gasteiger partial charge >= 0.3 is 0 Å². The van der Waals surface area contributed by atoms with Crippen molar-refractivity contribution in [2.45, 2.75) is 71.2 Å². The van der Waals surface area contributed by atoms with Crippen LogP contribution in [0.4, 0.5) is 0 Å². The summed E-state index contributed by atoms with van der Waals surface area (Å²) in [4.78, 5) is 0. The van der Waals surface area contributed by atoms with E-state index in [2.05, 4.69) is 39.9 Å². The van der Waals surface area contributed by atoms with Crippen molar-refractivity contribution < 1.29 is 9.47 Å². The highest BCUT2D eigenvalue weighted by atomic mass is 16.6. The second-order valence-corrected chi connectivity index (χ2v) is 6.54. The molecule has 0 radical (unpaired) electrons. The first kappa shape index (κ1) is 13.3. The van der Waals surface area contributed by atoms with Gasteiger partial charge in [-0.15, -0.1) is 0 Å². The van der Waals surface area contributed by atoms with Crippen molar-refractivity contribution in [3.8, 4) is 0 Å². The third kappa shape index (κ3) is 3.41. The lowest BCUT2D eigenvalue weighted by Gasteiger charge is -2.28. The Morgan fingerprint density at radius 1 is 1.18 bits per heavy atom. The van der Waals surface area contributed by atoms with Gasteiger partial charge in [0.05, 0.1) is 0 Å². The molecular formula is C13H26N2O2. The molecule has 0 aromatic heterocycles. The maximum Gasteiger partial charge on any atom is 0.135 e. The fraction of sp³-hybridized carbons (Fsp3) is 1.00. The number of nitrogens with two attached hydrogens (primary N) is 1. The Kier molecular flexibility index (Phi) is 3.51. The van der Waals surface area contributed by atoms with Crippen LogP contribution in [0, 0.1) is 11.8 Å². The van der Waals surface area contributed by atoms with E-state index in [1.54, 1.807) is 0 Å². The summed E-state index contributed by atoms with van der Waals surface area (Å²) >= 11 is 0. The van der Waals surface area contributed by atoms with Gasteiger partial charge in [0.2, 0.25) is 0 Å². The van der Waals surface area contributed by atoms with Crippen LogP contribution in [0.3, 0.4) is 0 Å². The summed E-state index contributed by atoms with van der Waals surface area (Å²) in [7, 11) is 0. The molecule has 4 nitrogen and oxygen atoms in total. The van der Waals surface area contributed by atoms with Crippen LogP contribution in [0.2, 0.25) is 0 Å². The van der Waals surface area contributed by atoms with Crippen molar-refractivity contribution in [1.29, 1.82) is 0 Å². The van der Waals surface area contributed by atoms with E-state index in [0.29, 0.717) is 17.9 Å². The van der Waals surface area contributed by atoms with Crippen molar-refractivity contribution in [2.75, 3.05) is 0 Å². The highest BCUT2D eigenvalue weighted by molar-refractivity contribution is 4.94. The molecule has 0 aliphatic carbocycles. The standard InChI is InChI=1S/C13H26N2O2/c1-7(2)9-12(17-9)15-13(4,5)6-8(3)10-11(14)16-10/h7-12,15H,6,14H2,1-5H3. The Morgan fingerprint density at radius 2 is 1.76 bits per heavy atom. The van der Waals surface area contributed by atoms with E-state index in [4.69, 9.17) is 15.2 Å². The Bertz CT molecular complexity index is 281. The molecule has 0 amide bonds. The molecule has 0 saturated carbocycles. The first-order chi connectivity index (χ1) is 7.80. The first-order valence-corrected chi connectivity index (χ1v) is 6.64. The second kappa shape index (κ2) is 4.50. The van der Waals surface area contributed by atoms with Gasteiger partial charge in [-0.05, 0) is 32.1 Å². The molecular weight excluding hydrogens is 216 g/mol. The second-order valence-electron chi connectivity index (χ2n) is 6.54. The molecule has 2 aliphatic rings. The summed E-state index contributed by atoms with van der Waals surface area (Å²) in [5.41, 5.74) is 5.76. The number of epoxide rings is 2. The van der Waals surface area contributed by atoms with Crippen LogP contribution in [-0.4, -0.2) is 30.2 Å². The zero-order chi connectivity index (χ0) is 12.8. The molecule has 0 spiro atoms. The molecule has 2 rings (SSSR count). The van der Waals surface area contributed by atoms with Crippen LogP contribution in [-0.2, 0) is 9.47 Å². The van der Waals surface area contributed by atoms with E-state index in [0.717, 1.165) is 6.42 Å². The predicted octanol–water partition coefficient (Wildman–Crippen LogP) is 1.45. The topological polar surface area (TPSA) is 63.1 Å². The number of nitrogens with one attached hydrogen (secondary N) is 1. The fourth-order valence-corrected chi connectivity index (χ4v) is 2.71. The van der Waals surface area contributed by atoms with E-state index in [1.165, 1.54) is 0 Å². The SMILES string of the molecule is CC(C)C1OC1NC(C)(C)CC(C)C1OC1N. The Morgan fingerprint density at radius 3 is 2.18 bits per heavy atom. The van der Waals surface area contributed by atoms with Crippen LogP contribution < -0.4 is 11.1 Å². The lowest BCUT2D eigenvalue weighted by Crippen LogP contribution is -2.44. The fourth-order valence-electron chi connectivity index (χ4n) is 2.71. The van der Waals surface area contributed by atoms with E-state index in [1.807, 2.05) is 0 Å². The smallest absolute Gasteiger partial charge is 0.135 e. The third-order valence-electron chi connectivity index (χ3n) is 3.67. The van der Waals surface area contributed by atoms with E-state index in [-0.39, 0.29) is 24.1 Å². The largest absolute Gasteiger partial charge is 0.353 e. The minimum atomic E-state index is -0.0404. The maximum absolute atomic E-state index is 5.69. The van der Waals surface area contributed by atoms with Gasteiger partial charge in [0.15, 0.2) is 0 Å². The minimum Gasteiger partial charge on any atom is -0.353 e. The number of ether oxygens (including phenoxy) is 2. The van der Waals surface area contributed by atoms with E-state index < -0.39 is 0 Å². The lowest BCUT2D eigenvalue weighted by molar-refractivity contribution is 0.226. The maximum atomic E-state index is 5.69. The predicted molar refractivity (Wildman–Crippen MR) is 67.3 cm³/mol. The van der Waals surface area contributed by atoms with Gasteiger partial charge in [-0.25, -0.2) is 0 Å². The molecule has 3 N–H and O–H groups in total. The summed E-state index contributed by atoms with van der Waals surface area (Å²) in [5.74, 6) is 1.07. The van der Waals surface area contributed by atoms with E-state index >= 15 is 0 Å². The summed E-state index contributed by atoms with van der Waals surface area (Å²) in [6.45, 7) is 11.0. The molecule has 0 aromatic carbocycles. The summed E-state index contributed by atoms with van der Waals surface area (Å²) in [5, 5.41) is 3.57. The molecule has 100 valence electrons. The minimum absolute atomic E-state index is 0.0404. The molecule has 17 heavy (non-hydrogen) atoms. The van der Waals surface area contributed by atoms with Gasteiger partial charge in [-0.1, -0.05) is 20.8 Å². The highest BCUT2D eigenvalue weighted by Crippen LogP contribution is 2.34. The van der Waals surface area contributed by atoms with Crippen LogP contribution in [0.15, 0.2) is 0 Å². The average Bonchev–Trinajstić information content (AvgIpc) is 3.01. The monoisotopic (exact) mass is 242 g/mol. The number of rotatable bonds is 6. The highest BCUT2D eigenvalue weighted by Gasteiger charge is 2.46. The van der Waals surface area contributed by atoms with Gasteiger partial charge in [-0.2, -0.15) is 0 Å². The van der Waals surface area contributed by atoms with Crippen molar-refractivity contribution >= 4 is 0 Å².